The lowest BCUT2D eigenvalue weighted by Gasteiger charge is -2.31. The van der Waals surface area contributed by atoms with Gasteiger partial charge in [0.2, 0.25) is 0 Å². The molecule has 1 fully saturated rings. The first-order valence-corrected chi connectivity index (χ1v) is 13.4. The van der Waals surface area contributed by atoms with E-state index in [9.17, 15) is 29.1 Å². The zero-order chi connectivity index (χ0) is 31.8. The van der Waals surface area contributed by atoms with Gasteiger partial charge in [-0.05, 0) is 6.92 Å². The number of nitrogens with one attached hydrogen (secondary N) is 1. The van der Waals surface area contributed by atoms with Crippen molar-refractivity contribution in [1.29, 1.82) is 0 Å². The van der Waals surface area contributed by atoms with Crippen LogP contribution < -0.4 is 15.9 Å². The number of ether oxygens (including phenoxy) is 4. The molecule has 4 heterocycles. The van der Waals surface area contributed by atoms with E-state index >= 15 is 0 Å². The number of hydroxylamine groups is 1. The molecular formula is C27H33N5O11. The number of aliphatic hydroxyl groups is 1. The van der Waals surface area contributed by atoms with Gasteiger partial charge in [-0.3, -0.25) is 14.4 Å². The van der Waals surface area contributed by atoms with Crippen LogP contribution in [0.1, 0.15) is 47.8 Å². The number of carbonyl (C=O) groups excluding carboxylic acids is 4. The van der Waals surface area contributed by atoms with Crippen molar-refractivity contribution in [3.63, 3.8) is 0 Å². The van der Waals surface area contributed by atoms with Crippen LogP contribution in [0.5, 0.6) is 0 Å². The van der Waals surface area contributed by atoms with Crippen molar-refractivity contribution in [2.24, 2.45) is 16.8 Å². The van der Waals surface area contributed by atoms with Crippen LogP contribution in [0.25, 0.3) is 10.8 Å². The largest absolute Gasteiger partial charge is 0.463 e. The number of nitrogens with zero attached hydrogens (tertiary/aromatic N) is 4. The van der Waals surface area contributed by atoms with Gasteiger partial charge in [0.1, 0.15) is 35.6 Å². The molecule has 2 aliphatic rings. The third-order valence-electron chi connectivity index (χ3n) is 6.71. The number of amides is 1. The molecule has 0 aromatic carbocycles. The highest BCUT2D eigenvalue weighted by atomic mass is 16.7. The summed E-state index contributed by atoms with van der Waals surface area (Å²) >= 11 is 0. The van der Waals surface area contributed by atoms with Crippen molar-refractivity contribution in [3.05, 3.63) is 22.6 Å². The molecule has 0 saturated carbocycles. The van der Waals surface area contributed by atoms with Crippen LogP contribution in [0.3, 0.4) is 0 Å². The molecule has 2 aliphatic heterocycles. The summed E-state index contributed by atoms with van der Waals surface area (Å²) in [4.78, 5) is 75.5. The van der Waals surface area contributed by atoms with E-state index < -0.39 is 65.4 Å². The van der Waals surface area contributed by atoms with Crippen molar-refractivity contribution >= 4 is 58.4 Å². The van der Waals surface area contributed by atoms with E-state index in [1.165, 1.54) is 24.0 Å². The molecule has 2 aromatic heterocycles. The Morgan fingerprint density at radius 3 is 2.47 bits per heavy atom. The first kappa shape index (κ1) is 31.4. The van der Waals surface area contributed by atoms with Crippen LogP contribution in [-0.2, 0) is 38.2 Å². The molecule has 0 radical (unpaired) electrons. The topological polar surface area (TPSA) is 197 Å². The lowest BCUT2D eigenvalue weighted by molar-refractivity contribution is -0.169. The van der Waals surface area contributed by atoms with E-state index in [1.54, 1.807) is 27.7 Å². The molecule has 2 N–H and O–H groups in total. The van der Waals surface area contributed by atoms with Gasteiger partial charge in [0, 0.05) is 24.6 Å². The number of esters is 2. The lowest BCUT2D eigenvalue weighted by Crippen LogP contribution is -2.48. The van der Waals surface area contributed by atoms with E-state index in [-0.39, 0.29) is 34.7 Å². The van der Waals surface area contributed by atoms with Gasteiger partial charge < -0.3 is 38.8 Å². The number of methoxy groups -OCH3 is 1. The van der Waals surface area contributed by atoms with Crippen LogP contribution in [0.2, 0.25) is 0 Å². The molecule has 0 bridgehead atoms. The van der Waals surface area contributed by atoms with E-state index in [1.807, 2.05) is 0 Å². The summed E-state index contributed by atoms with van der Waals surface area (Å²) < 4.78 is 23.4. The third-order valence-corrected chi connectivity index (χ3v) is 6.71. The number of aromatic nitrogens is 2. The zero-order valence-electron chi connectivity index (χ0n) is 24.6. The molecule has 1 saturated heterocycles. The van der Waals surface area contributed by atoms with Crippen LogP contribution in [0.15, 0.2) is 22.1 Å². The summed E-state index contributed by atoms with van der Waals surface area (Å²) in [6.07, 6.45) is -2.16. The third kappa shape index (κ3) is 6.01. The standard InChI is InChI=1S/C27H33N5O11/c1-12(2)23(35)40-10-17-20(42-24(36)13(3)4)27(6,38)25(41-17)31-9-15-16(32(26(37)39-7)43-14(5)33)8-18(34)30-21-19(15)22(31)29-11-28-21/h8-9,11-13,17,20,25,38H,10H2,1-7H3,(H,28,29,30,34). The molecule has 4 rings (SSSR count). The maximum atomic E-state index is 12.7. The fourth-order valence-corrected chi connectivity index (χ4v) is 4.62. The van der Waals surface area contributed by atoms with Gasteiger partial charge >= 0.3 is 24.0 Å². The fourth-order valence-electron chi connectivity index (χ4n) is 4.62. The summed E-state index contributed by atoms with van der Waals surface area (Å²) in [7, 11) is 1.06. The van der Waals surface area contributed by atoms with E-state index in [0.29, 0.717) is 5.06 Å². The normalized spacial score (nSPS) is 22.3. The van der Waals surface area contributed by atoms with E-state index in [0.717, 1.165) is 20.1 Å². The molecule has 2 aromatic rings. The Hall–Kier alpha value is -4.57. The van der Waals surface area contributed by atoms with Gasteiger partial charge in [-0.1, -0.05) is 27.7 Å². The summed E-state index contributed by atoms with van der Waals surface area (Å²) in [6.45, 7) is 8.65. The maximum Gasteiger partial charge on any atom is 0.448 e. The lowest BCUT2D eigenvalue weighted by atomic mass is 9.96. The first-order chi connectivity index (χ1) is 20.2. The second-order valence-corrected chi connectivity index (χ2v) is 10.8. The van der Waals surface area contributed by atoms with Gasteiger partial charge in [0.25, 0.3) is 5.56 Å². The Balaban J connectivity index is 1.90. The summed E-state index contributed by atoms with van der Waals surface area (Å²) in [6, 6.07) is 0.960. The molecule has 232 valence electrons. The second-order valence-electron chi connectivity index (χ2n) is 10.8. The Morgan fingerprint density at radius 1 is 1.19 bits per heavy atom. The van der Waals surface area contributed by atoms with Crippen molar-refractivity contribution in [1.82, 2.24) is 9.55 Å². The zero-order valence-corrected chi connectivity index (χ0v) is 24.6. The van der Waals surface area contributed by atoms with Crippen LogP contribution >= 0.6 is 0 Å². The molecule has 4 atom stereocenters. The molecule has 0 aliphatic carbocycles. The average molecular weight is 604 g/mol. The van der Waals surface area contributed by atoms with Crippen LogP contribution in [0, 0.1) is 11.8 Å². The molecular weight excluding hydrogens is 570 g/mol. The van der Waals surface area contributed by atoms with Gasteiger partial charge in [0.05, 0.1) is 30.7 Å². The molecule has 16 heteroatoms. The van der Waals surface area contributed by atoms with Gasteiger partial charge in [-0.25, -0.2) is 14.6 Å². The van der Waals surface area contributed by atoms with Crippen molar-refractivity contribution in [2.75, 3.05) is 24.1 Å². The summed E-state index contributed by atoms with van der Waals surface area (Å²) in [5, 5.41) is 15.4. The number of aliphatic imine (C=N–C) groups is 1. The monoisotopic (exact) mass is 603 g/mol. The minimum absolute atomic E-state index is 0.0467. The molecule has 0 spiro atoms. The van der Waals surface area contributed by atoms with Gasteiger partial charge in [0.15, 0.2) is 12.3 Å². The van der Waals surface area contributed by atoms with Crippen molar-refractivity contribution in [3.8, 4) is 0 Å². The van der Waals surface area contributed by atoms with E-state index in [4.69, 9.17) is 23.8 Å². The van der Waals surface area contributed by atoms with Crippen molar-refractivity contribution < 1.29 is 48.1 Å². The number of hydrogen-bond acceptors (Lipinski definition) is 14. The highest BCUT2D eigenvalue weighted by molar-refractivity contribution is 6.12. The Bertz CT molecular complexity index is 1550. The highest BCUT2D eigenvalue weighted by Gasteiger charge is 2.57. The second kappa shape index (κ2) is 12.0. The van der Waals surface area contributed by atoms with Crippen molar-refractivity contribution in [2.45, 2.75) is 65.6 Å². The van der Waals surface area contributed by atoms with Crippen LogP contribution in [0.4, 0.5) is 22.1 Å². The Kier molecular flexibility index (Phi) is 8.73. The predicted molar refractivity (Wildman–Crippen MR) is 149 cm³/mol. The first-order valence-electron chi connectivity index (χ1n) is 13.4. The predicted octanol–water partition coefficient (Wildman–Crippen LogP) is 1.95. The smallest absolute Gasteiger partial charge is 0.448 e. The van der Waals surface area contributed by atoms with E-state index in [2.05, 4.69) is 15.3 Å². The van der Waals surface area contributed by atoms with Gasteiger partial charge in [-0.15, -0.1) is 5.06 Å². The Labute approximate surface area is 245 Å². The average Bonchev–Trinajstić information content (AvgIpc) is 3.37. The fraction of sp³-hybridized carbons (Fsp3) is 0.519. The summed E-state index contributed by atoms with van der Waals surface area (Å²) in [5.74, 6) is -2.83. The maximum absolute atomic E-state index is 12.7. The number of rotatable bonds is 7. The molecule has 4 unspecified atom stereocenters. The van der Waals surface area contributed by atoms with Gasteiger partial charge in [-0.2, -0.15) is 4.98 Å². The minimum atomic E-state index is -1.93. The number of carbonyl (C=O) groups is 4. The van der Waals surface area contributed by atoms with Crippen LogP contribution in [-0.4, -0.2) is 76.5 Å². The quantitative estimate of drug-likeness (QED) is 0.265. The highest BCUT2D eigenvalue weighted by Crippen LogP contribution is 2.47. The molecule has 1 amide bonds. The minimum Gasteiger partial charge on any atom is -0.463 e. The Morgan fingerprint density at radius 2 is 1.86 bits per heavy atom. The SMILES string of the molecule is COC(=O)N(OC(C)=O)c1cc(=O)nc2c3c(n(C4OC(COC(=O)C(C)C)C(OC(=O)C(C)C)C4(C)O)cc13)N=CN2. The molecule has 16 nitrogen and oxygen atoms in total. The molecule has 43 heavy (non-hydrogen) atoms. The summed E-state index contributed by atoms with van der Waals surface area (Å²) in [5.41, 5.74) is -2.94. The number of hydrogen-bond donors (Lipinski definition) is 2. The number of anilines is 2.